The van der Waals surface area contributed by atoms with E-state index in [4.69, 9.17) is 4.74 Å². The first-order chi connectivity index (χ1) is 10.3. The van der Waals surface area contributed by atoms with Crippen molar-refractivity contribution in [2.24, 2.45) is 0 Å². The van der Waals surface area contributed by atoms with Gasteiger partial charge in [0.1, 0.15) is 5.75 Å². The van der Waals surface area contributed by atoms with Gasteiger partial charge in [-0.15, -0.1) is 0 Å². The van der Waals surface area contributed by atoms with Crippen LogP contribution >= 0.6 is 0 Å². The zero-order chi connectivity index (χ0) is 14.7. The van der Waals surface area contributed by atoms with Gasteiger partial charge >= 0.3 is 0 Å². The first-order valence-corrected chi connectivity index (χ1v) is 7.39. The number of nitrogens with one attached hydrogen (secondary N) is 1. The molecule has 1 aliphatic rings. The molecule has 2 aromatic rings. The van der Waals surface area contributed by atoms with Crippen molar-refractivity contribution in [3.63, 3.8) is 0 Å². The first kappa shape index (κ1) is 14.0. The Hall–Kier alpha value is -2.00. The highest BCUT2D eigenvalue weighted by molar-refractivity contribution is 5.59. The van der Waals surface area contributed by atoms with Gasteiger partial charge < -0.3 is 15.2 Å². The van der Waals surface area contributed by atoms with Gasteiger partial charge in [0.15, 0.2) is 0 Å². The third-order valence-corrected chi connectivity index (χ3v) is 4.33. The summed E-state index contributed by atoms with van der Waals surface area (Å²) in [6.45, 7) is 0.0715. The topological polar surface area (TPSA) is 41.5 Å². The van der Waals surface area contributed by atoms with Crippen molar-refractivity contribution >= 4 is 5.69 Å². The molecular formula is C18H21NO2. The lowest BCUT2D eigenvalue weighted by molar-refractivity contribution is 0.194. The Labute approximate surface area is 125 Å². The zero-order valence-corrected chi connectivity index (χ0v) is 12.3. The molecule has 1 aliphatic carbocycles. The summed E-state index contributed by atoms with van der Waals surface area (Å²) in [6.07, 6.45) is 3.06. The van der Waals surface area contributed by atoms with Crippen molar-refractivity contribution < 1.29 is 9.84 Å². The van der Waals surface area contributed by atoms with Gasteiger partial charge in [-0.3, -0.25) is 0 Å². The second-order valence-corrected chi connectivity index (χ2v) is 5.58. The second kappa shape index (κ2) is 5.78. The summed E-state index contributed by atoms with van der Waals surface area (Å²) in [7, 11) is 1.67. The average molecular weight is 283 g/mol. The Morgan fingerprint density at radius 2 is 1.90 bits per heavy atom. The van der Waals surface area contributed by atoms with Crippen molar-refractivity contribution in [3.8, 4) is 5.75 Å². The molecule has 0 saturated carbocycles. The summed E-state index contributed by atoms with van der Waals surface area (Å²) in [4.78, 5) is 0. The van der Waals surface area contributed by atoms with Crippen LogP contribution in [0.4, 0.5) is 5.69 Å². The molecule has 1 unspecified atom stereocenters. The first-order valence-electron chi connectivity index (χ1n) is 7.39. The summed E-state index contributed by atoms with van der Waals surface area (Å²) in [6, 6.07) is 16.2. The zero-order valence-electron chi connectivity index (χ0n) is 12.3. The van der Waals surface area contributed by atoms with Gasteiger partial charge in [0.2, 0.25) is 0 Å². The molecule has 2 aromatic carbocycles. The number of aliphatic hydroxyl groups is 1. The van der Waals surface area contributed by atoms with Crippen LogP contribution in [0.3, 0.4) is 0 Å². The molecule has 1 atom stereocenters. The number of benzene rings is 2. The number of aryl methyl sites for hydroxylation is 1. The van der Waals surface area contributed by atoms with Gasteiger partial charge in [-0.1, -0.05) is 36.4 Å². The Bertz CT molecular complexity index is 626. The van der Waals surface area contributed by atoms with Crippen LogP contribution in [0.1, 0.15) is 24.0 Å². The molecule has 0 fully saturated rings. The molecule has 0 bridgehead atoms. The SMILES string of the molecule is COc1ccccc1NC1(CO)CCCc2ccccc21. The lowest BCUT2D eigenvalue weighted by atomic mass is 9.76. The van der Waals surface area contributed by atoms with E-state index in [2.05, 4.69) is 23.5 Å². The van der Waals surface area contributed by atoms with Gasteiger partial charge in [0.25, 0.3) is 0 Å². The van der Waals surface area contributed by atoms with Crippen molar-refractivity contribution in [2.45, 2.75) is 24.8 Å². The lowest BCUT2D eigenvalue weighted by Crippen LogP contribution is -2.42. The van der Waals surface area contributed by atoms with Crippen LogP contribution in [0.5, 0.6) is 5.75 Å². The van der Waals surface area contributed by atoms with Gasteiger partial charge in [-0.2, -0.15) is 0 Å². The summed E-state index contributed by atoms with van der Waals surface area (Å²) in [5.41, 5.74) is 3.01. The van der Waals surface area contributed by atoms with Crippen molar-refractivity contribution in [2.75, 3.05) is 19.0 Å². The molecule has 21 heavy (non-hydrogen) atoms. The van der Waals surface area contributed by atoms with Crippen molar-refractivity contribution in [1.82, 2.24) is 0 Å². The molecule has 0 aromatic heterocycles. The van der Waals surface area contributed by atoms with E-state index in [0.29, 0.717) is 0 Å². The monoisotopic (exact) mass is 283 g/mol. The lowest BCUT2D eigenvalue weighted by Gasteiger charge is -2.39. The largest absolute Gasteiger partial charge is 0.495 e. The quantitative estimate of drug-likeness (QED) is 0.904. The fraction of sp³-hybridized carbons (Fsp3) is 0.333. The minimum absolute atomic E-state index is 0.0715. The maximum Gasteiger partial charge on any atom is 0.141 e. The molecule has 0 saturated heterocycles. The number of anilines is 1. The van der Waals surface area contributed by atoms with E-state index in [-0.39, 0.29) is 6.61 Å². The van der Waals surface area contributed by atoms with Crippen LogP contribution in [0.15, 0.2) is 48.5 Å². The molecular weight excluding hydrogens is 262 g/mol. The number of aliphatic hydroxyl groups excluding tert-OH is 1. The third-order valence-electron chi connectivity index (χ3n) is 4.33. The van der Waals surface area contributed by atoms with E-state index in [1.165, 1.54) is 11.1 Å². The van der Waals surface area contributed by atoms with Crippen LogP contribution in [0.2, 0.25) is 0 Å². The maximum absolute atomic E-state index is 10.1. The number of methoxy groups -OCH3 is 1. The maximum atomic E-state index is 10.1. The molecule has 0 heterocycles. The van der Waals surface area contributed by atoms with Crippen LogP contribution in [-0.4, -0.2) is 18.8 Å². The molecule has 2 N–H and O–H groups in total. The predicted octanol–water partition coefficient (Wildman–Crippen LogP) is 3.33. The molecule has 0 aliphatic heterocycles. The summed E-state index contributed by atoms with van der Waals surface area (Å²) in [5, 5.41) is 13.7. The van der Waals surface area contributed by atoms with Crippen molar-refractivity contribution in [3.05, 3.63) is 59.7 Å². The highest BCUT2D eigenvalue weighted by atomic mass is 16.5. The van der Waals surface area contributed by atoms with Crippen molar-refractivity contribution in [1.29, 1.82) is 0 Å². The normalized spacial score (nSPS) is 20.7. The average Bonchev–Trinajstić information content (AvgIpc) is 2.55. The molecule has 3 nitrogen and oxygen atoms in total. The number of ether oxygens (including phenoxy) is 1. The standard InChI is InChI=1S/C18H21NO2/c1-21-17-11-5-4-10-16(17)19-18(13-20)12-6-8-14-7-2-3-9-15(14)18/h2-5,7,9-11,19-20H,6,8,12-13H2,1H3. The van der Waals surface area contributed by atoms with Gasteiger partial charge in [0, 0.05) is 0 Å². The van der Waals surface area contributed by atoms with E-state index < -0.39 is 5.54 Å². The minimum Gasteiger partial charge on any atom is -0.495 e. The number of hydrogen-bond acceptors (Lipinski definition) is 3. The summed E-state index contributed by atoms with van der Waals surface area (Å²) >= 11 is 0. The van der Waals surface area contributed by atoms with E-state index in [1.807, 2.05) is 30.3 Å². The van der Waals surface area contributed by atoms with E-state index in [9.17, 15) is 5.11 Å². The van der Waals surface area contributed by atoms with Crippen LogP contribution < -0.4 is 10.1 Å². The molecule has 110 valence electrons. The molecule has 0 radical (unpaired) electrons. The summed E-state index contributed by atoms with van der Waals surface area (Å²) in [5.74, 6) is 0.799. The highest BCUT2D eigenvalue weighted by Gasteiger charge is 2.36. The highest BCUT2D eigenvalue weighted by Crippen LogP contribution is 2.39. The van der Waals surface area contributed by atoms with Gasteiger partial charge in [-0.05, 0) is 42.5 Å². The number of hydrogen-bond donors (Lipinski definition) is 2. The predicted molar refractivity (Wildman–Crippen MR) is 84.8 cm³/mol. The Morgan fingerprint density at radius 1 is 1.14 bits per heavy atom. The Balaban J connectivity index is 2.02. The van der Waals surface area contributed by atoms with E-state index in [1.54, 1.807) is 7.11 Å². The van der Waals surface area contributed by atoms with Gasteiger partial charge in [-0.25, -0.2) is 0 Å². The molecule has 0 amide bonds. The summed E-state index contributed by atoms with van der Waals surface area (Å²) < 4.78 is 5.42. The fourth-order valence-electron chi connectivity index (χ4n) is 3.26. The Kier molecular flexibility index (Phi) is 3.84. The van der Waals surface area contributed by atoms with Crippen LogP contribution in [0.25, 0.3) is 0 Å². The number of rotatable bonds is 4. The van der Waals surface area contributed by atoms with Crippen LogP contribution in [-0.2, 0) is 12.0 Å². The van der Waals surface area contributed by atoms with E-state index >= 15 is 0 Å². The number of fused-ring (bicyclic) bond motifs is 1. The minimum atomic E-state index is -0.427. The molecule has 3 rings (SSSR count). The second-order valence-electron chi connectivity index (χ2n) is 5.58. The number of para-hydroxylation sites is 2. The van der Waals surface area contributed by atoms with E-state index in [0.717, 1.165) is 30.7 Å². The molecule has 3 heteroatoms. The van der Waals surface area contributed by atoms with Gasteiger partial charge in [0.05, 0.1) is 24.9 Å². The fourth-order valence-corrected chi connectivity index (χ4v) is 3.26. The smallest absolute Gasteiger partial charge is 0.141 e. The van der Waals surface area contributed by atoms with Crippen LogP contribution in [0, 0.1) is 0 Å². The molecule has 0 spiro atoms. The Morgan fingerprint density at radius 3 is 2.71 bits per heavy atom. The third kappa shape index (κ3) is 2.49.